The van der Waals surface area contributed by atoms with Crippen LogP contribution in [0.2, 0.25) is 0 Å². The van der Waals surface area contributed by atoms with Crippen LogP contribution < -0.4 is 11.1 Å². The van der Waals surface area contributed by atoms with Gasteiger partial charge < -0.3 is 11.1 Å². The number of nitrogens with two attached hydrogens (primary N) is 1. The van der Waals surface area contributed by atoms with Crippen molar-refractivity contribution in [2.45, 2.75) is 43.5 Å². The number of nitrogens with one attached hydrogen (secondary N) is 1. The third-order valence-electron chi connectivity index (χ3n) is 4.45. The van der Waals surface area contributed by atoms with Crippen molar-refractivity contribution in [3.05, 3.63) is 33.9 Å². The molecule has 0 aromatic heterocycles. The van der Waals surface area contributed by atoms with Crippen LogP contribution >= 0.6 is 0 Å². The maximum atomic E-state index is 13.0. The normalized spacial score (nSPS) is 18.5. The maximum Gasteiger partial charge on any atom is 0.272 e. The number of rotatable bonds is 7. The lowest BCUT2D eigenvalue weighted by Crippen LogP contribution is -2.49. The van der Waals surface area contributed by atoms with Gasteiger partial charge in [-0.15, -0.1) is 0 Å². The Balaban J connectivity index is 2.23. The van der Waals surface area contributed by atoms with Crippen molar-refractivity contribution in [2.75, 3.05) is 19.6 Å². The Bertz CT molecular complexity index is 781. The summed E-state index contributed by atoms with van der Waals surface area (Å²) in [6.07, 6.45) is 2.45. The van der Waals surface area contributed by atoms with E-state index in [-0.39, 0.29) is 42.0 Å². The summed E-state index contributed by atoms with van der Waals surface area (Å²) in [7, 11) is -3.80. The van der Waals surface area contributed by atoms with E-state index in [1.54, 1.807) is 0 Å². The van der Waals surface area contributed by atoms with Crippen molar-refractivity contribution in [2.24, 2.45) is 5.73 Å². The molecule has 10 heteroatoms. The van der Waals surface area contributed by atoms with Gasteiger partial charge in [-0.3, -0.25) is 14.9 Å². The lowest BCUT2D eigenvalue weighted by molar-refractivity contribution is -0.385. The first kappa shape index (κ1) is 20.3. The highest BCUT2D eigenvalue weighted by atomic mass is 32.2. The fourth-order valence-electron chi connectivity index (χ4n) is 3.07. The molecule has 3 N–H and O–H groups in total. The molecule has 1 aliphatic heterocycles. The van der Waals surface area contributed by atoms with Gasteiger partial charge in [-0.05, 0) is 31.9 Å². The first-order valence-corrected chi connectivity index (χ1v) is 9.95. The summed E-state index contributed by atoms with van der Waals surface area (Å²) in [6, 6.07) is 3.46. The van der Waals surface area contributed by atoms with E-state index in [0.29, 0.717) is 18.5 Å². The Morgan fingerprint density at radius 3 is 2.77 bits per heavy atom. The summed E-state index contributed by atoms with van der Waals surface area (Å²) >= 11 is 0. The van der Waals surface area contributed by atoms with Crippen molar-refractivity contribution in [3.8, 4) is 0 Å². The number of carbonyl (C=O) groups is 1. The van der Waals surface area contributed by atoms with Gasteiger partial charge in [0, 0.05) is 43.7 Å². The van der Waals surface area contributed by atoms with Crippen LogP contribution in [0.1, 0.15) is 31.2 Å². The molecule has 1 aromatic carbocycles. The molecule has 0 spiro atoms. The summed E-state index contributed by atoms with van der Waals surface area (Å²) in [5, 5.41) is 13.7. The Hall–Kier alpha value is -2.04. The minimum atomic E-state index is -3.80. The standard InChI is InChI=1S/C16H24N4O5S/c1-12-10-14(5-6-15(12)20(22)23)26(24,25)19-9-3-2-4-13(19)11-18-16(21)7-8-17/h5-6,10,13H,2-4,7-9,11,17H2,1H3,(H,18,21). The first-order valence-electron chi connectivity index (χ1n) is 8.51. The quantitative estimate of drug-likeness (QED) is 0.530. The van der Waals surface area contributed by atoms with Crippen LogP contribution in [-0.4, -0.2) is 49.2 Å². The van der Waals surface area contributed by atoms with E-state index in [2.05, 4.69) is 5.32 Å². The molecule has 1 saturated heterocycles. The van der Waals surface area contributed by atoms with E-state index in [4.69, 9.17) is 5.73 Å². The zero-order valence-electron chi connectivity index (χ0n) is 14.7. The molecular formula is C16H24N4O5S. The number of benzene rings is 1. The van der Waals surface area contributed by atoms with E-state index < -0.39 is 14.9 Å². The average Bonchev–Trinajstić information content (AvgIpc) is 2.60. The van der Waals surface area contributed by atoms with Crippen LogP contribution in [0.25, 0.3) is 0 Å². The number of sulfonamides is 1. The second-order valence-corrected chi connectivity index (χ2v) is 8.20. The van der Waals surface area contributed by atoms with E-state index >= 15 is 0 Å². The molecule has 0 saturated carbocycles. The fourth-order valence-corrected chi connectivity index (χ4v) is 4.85. The van der Waals surface area contributed by atoms with Crippen molar-refractivity contribution in [1.29, 1.82) is 0 Å². The zero-order valence-corrected chi connectivity index (χ0v) is 15.5. The van der Waals surface area contributed by atoms with Gasteiger partial charge in [-0.2, -0.15) is 4.31 Å². The molecule has 1 heterocycles. The van der Waals surface area contributed by atoms with Crippen LogP contribution in [0.3, 0.4) is 0 Å². The molecule has 1 fully saturated rings. The van der Waals surface area contributed by atoms with E-state index in [1.807, 2.05) is 0 Å². The van der Waals surface area contributed by atoms with Crippen molar-refractivity contribution < 1.29 is 18.1 Å². The molecule has 1 unspecified atom stereocenters. The molecular weight excluding hydrogens is 360 g/mol. The topological polar surface area (TPSA) is 136 Å². The molecule has 0 bridgehead atoms. The molecule has 0 aliphatic carbocycles. The van der Waals surface area contributed by atoms with Crippen molar-refractivity contribution >= 4 is 21.6 Å². The second kappa shape index (κ2) is 8.56. The van der Waals surface area contributed by atoms with Crippen LogP contribution in [0.4, 0.5) is 5.69 Å². The van der Waals surface area contributed by atoms with Gasteiger partial charge in [0.05, 0.1) is 9.82 Å². The lowest BCUT2D eigenvalue weighted by atomic mass is 10.1. The van der Waals surface area contributed by atoms with Gasteiger partial charge in [0.2, 0.25) is 15.9 Å². The summed E-state index contributed by atoms with van der Waals surface area (Å²) in [6.45, 7) is 2.33. The van der Waals surface area contributed by atoms with Gasteiger partial charge in [0.1, 0.15) is 0 Å². The number of piperidine rings is 1. The van der Waals surface area contributed by atoms with E-state index in [0.717, 1.165) is 12.8 Å². The Morgan fingerprint density at radius 1 is 1.42 bits per heavy atom. The van der Waals surface area contributed by atoms with Gasteiger partial charge >= 0.3 is 0 Å². The summed E-state index contributed by atoms with van der Waals surface area (Å²) in [5.41, 5.74) is 5.52. The molecule has 9 nitrogen and oxygen atoms in total. The van der Waals surface area contributed by atoms with Gasteiger partial charge in [0.25, 0.3) is 5.69 Å². The average molecular weight is 384 g/mol. The van der Waals surface area contributed by atoms with Crippen LogP contribution in [0.5, 0.6) is 0 Å². The molecule has 144 valence electrons. The Morgan fingerprint density at radius 2 is 2.15 bits per heavy atom. The molecule has 1 atom stereocenters. The number of hydrogen-bond donors (Lipinski definition) is 2. The van der Waals surface area contributed by atoms with Crippen molar-refractivity contribution in [3.63, 3.8) is 0 Å². The van der Waals surface area contributed by atoms with Gasteiger partial charge in [0.15, 0.2) is 0 Å². The number of aryl methyl sites for hydroxylation is 1. The number of carbonyl (C=O) groups excluding carboxylic acids is 1. The summed E-state index contributed by atoms with van der Waals surface area (Å²) in [4.78, 5) is 22.1. The molecule has 1 aromatic rings. The molecule has 1 aliphatic rings. The SMILES string of the molecule is Cc1cc(S(=O)(=O)N2CCCCC2CNC(=O)CCN)ccc1[N+](=O)[O-]. The molecule has 1 amide bonds. The summed E-state index contributed by atoms with van der Waals surface area (Å²) in [5.74, 6) is -0.207. The molecule has 2 rings (SSSR count). The number of nitro benzene ring substituents is 1. The van der Waals surface area contributed by atoms with Crippen LogP contribution in [0.15, 0.2) is 23.1 Å². The third-order valence-corrected chi connectivity index (χ3v) is 6.40. The fraction of sp³-hybridized carbons (Fsp3) is 0.562. The maximum absolute atomic E-state index is 13.0. The molecule has 0 radical (unpaired) electrons. The lowest BCUT2D eigenvalue weighted by Gasteiger charge is -2.34. The smallest absolute Gasteiger partial charge is 0.272 e. The second-order valence-electron chi connectivity index (χ2n) is 6.31. The number of nitrogens with zero attached hydrogens (tertiary/aromatic N) is 2. The van der Waals surface area contributed by atoms with Gasteiger partial charge in [-0.25, -0.2) is 8.42 Å². The highest BCUT2D eigenvalue weighted by molar-refractivity contribution is 7.89. The van der Waals surface area contributed by atoms with Crippen LogP contribution in [0, 0.1) is 17.0 Å². The minimum Gasteiger partial charge on any atom is -0.354 e. The third kappa shape index (κ3) is 4.57. The molecule has 26 heavy (non-hydrogen) atoms. The predicted molar refractivity (Wildman–Crippen MR) is 96.0 cm³/mol. The monoisotopic (exact) mass is 384 g/mol. The van der Waals surface area contributed by atoms with E-state index in [1.165, 1.54) is 29.4 Å². The zero-order chi connectivity index (χ0) is 19.3. The first-order chi connectivity index (χ1) is 12.3. The highest BCUT2D eigenvalue weighted by Gasteiger charge is 2.34. The number of nitro groups is 1. The number of amides is 1. The van der Waals surface area contributed by atoms with E-state index in [9.17, 15) is 23.3 Å². The van der Waals surface area contributed by atoms with Gasteiger partial charge in [-0.1, -0.05) is 6.42 Å². The predicted octanol–water partition coefficient (Wildman–Crippen LogP) is 0.911. The number of hydrogen-bond acceptors (Lipinski definition) is 6. The van der Waals surface area contributed by atoms with Crippen LogP contribution in [-0.2, 0) is 14.8 Å². The summed E-state index contributed by atoms with van der Waals surface area (Å²) < 4.78 is 27.4. The Labute approximate surface area is 152 Å². The minimum absolute atomic E-state index is 0.0285. The highest BCUT2D eigenvalue weighted by Crippen LogP contribution is 2.28. The Kier molecular flexibility index (Phi) is 6.68. The van der Waals surface area contributed by atoms with Crippen molar-refractivity contribution in [1.82, 2.24) is 9.62 Å². The largest absolute Gasteiger partial charge is 0.354 e.